The Morgan fingerprint density at radius 1 is 0.821 bits per heavy atom. The summed E-state index contributed by atoms with van der Waals surface area (Å²) in [5.41, 5.74) is 1.37. The Hall–Kier alpha value is -1.84. The quantitative estimate of drug-likeness (QED) is 0.421. The van der Waals surface area contributed by atoms with E-state index in [1.807, 2.05) is 0 Å². The first-order chi connectivity index (χ1) is 12.9. The zero-order chi connectivity index (χ0) is 21.5. The van der Waals surface area contributed by atoms with Gasteiger partial charge in [-0.2, -0.15) is 0 Å². The molecule has 0 aliphatic rings. The molecule has 4 heteroatoms. The maximum absolute atomic E-state index is 12.2. The summed E-state index contributed by atoms with van der Waals surface area (Å²) in [6, 6.07) is 3.31. The molecule has 0 fully saturated rings. The van der Waals surface area contributed by atoms with Gasteiger partial charge in [0, 0.05) is 0 Å². The van der Waals surface area contributed by atoms with Crippen LogP contribution in [-0.2, 0) is 12.8 Å². The molecule has 0 radical (unpaired) electrons. The SMILES string of the molecule is CCCCC(C)(C)Cc1ccc(C(=O)O)c(CC(C)(C)CCCC)c1C(=O)O. The predicted octanol–water partition coefficient (Wildman–Crippen LogP) is 6.60. The monoisotopic (exact) mass is 390 g/mol. The molecule has 0 atom stereocenters. The maximum atomic E-state index is 12.2. The Balaban J connectivity index is 3.45. The van der Waals surface area contributed by atoms with Crippen molar-refractivity contribution in [2.24, 2.45) is 10.8 Å². The van der Waals surface area contributed by atoms with Crippen molar-refractivity contribution in [2.45, 2.75) is 92.9 Å². The summed E-state index contributed by atoms with van der Waals surface area (Å²) >= 11 is 0. The van der Waals surface area contributed by atoms with Crippen molar-refractivity contribution in [3.63, 3.8) is 0 Å². The summed E-state index contributed by atoms with van der Waals surface area (Å²) < 4.78 is 0. The van der Waals surface area contributed by atoms with Gasteiger partial charge >= 0.3 is 11.9 Å². The second-order valence-corrected chi connectivity index (χ2v) is 9.63. The minimum atomic E-state index is -1.06. The van der Waals surface area contributed by atoms with E-state index in [2.05, 4.69) is 41.5 Å². The number of carbonyl (C=O) groups is 2. The molecule has 0 aliphatic heterocycles. The van der Waals surface area contributed by atoms with Crippen LogP contribution in [0.25, 0.3) is 0 Å². The van der Waals surface area contributed by atoms with E-state index < -0.39 is 11.9 Å². The molecule has 0 amide bonds. The molecular weight excluding hydrogens is 352 g/mol. The van der Waals surface area contributed by atoms with Gasteiger partial charge in [0.1, 0.15) is 0 Å². The lowest BCUT2D eigenvalue weighted by Crippen LogP contribution is -2.23. The molecule has 2 N–H and O–H groups in total. The first kappa shape index (κ1) is 24.2. The molecule has 4 nitrogen and oxygen atoms in total. The van der Waals surface area contributed by atoms with Gasteiger partial charge in [-0.25, -0.2) is 9.59 Å². The summed E-state index contributed by atoms with van der Waals surface area (Å²) in [6.45, 7) is 12.8. The van der Waals surface area contributed by atoms with Crippen LogP contribution in [0.1, 0.15) is 112 Å². The van der Waals surface area contributed by atoms with Gasteiger partial charge < -0.3 is 10.2 Å². The normalized spacial score (nSPS) is 12.2. The van der Waals surface area contributed by atoms with Crippen molar-refractivity contribution in [2.75, 3.05) is 0 Å². The van der Waals surface area contributed by atoms with E-state index in [-0.39, 0.29) is 22.0 Å². The van der Waals surface area contributed by atoms with Crippen LogP contribution in [0.5, 0.6) is 0 Å². The molecule has 28 heavy (non-hydrogen) atoms. The fourth-order valence-corrected chi connectivity index (χ4v) is 3.98. The molecule has 0 bridgehead atoms. The Bertz CT molecular complexity index is 686. The lowest BCUT2D eigenvalue weighted by molar-refractivity contribution is 0.0692. The van der Waals surface area contributed by atoms with Crippen LogP contribution in [-0.4, -0.2) is 22.2 Å². The van der Waals surface area contributed by atoms with E-state index in [9.17, 15) is 19.8 Å². The van der Waals surface area contributed by atoms with E-state index in [4.69, 9.17) is 0 Å². The lowest BCUT2D eigenvalue weighted by atomic mass is 9.75. The molecule has 0 heterocycles. The standard InChI is InChI=1S/C24H38O4/c1-7-9-13-23(3,4)15-17-11-12-18(21(25)26)19(20(17)22(27)28)16-24(5,6)14-10-8-2/h11-12H,7-10,13-16H2,1-6H3,(H,25,26)(H,27,28). The first-order valence-electron chi connectivity index (χ1n) is 10.6. The third-order valence-corrected chi connectivity index (χ3v) is 5.58. The van der Waals surface area contributed by atoms with E-state index >= 15 is 0 Å². The van der Waals surface area contributed by atoms with E-state index in [1.54, 1.807) is 12.1 Å². The van der Waals surface area contributed by atoms with Gasteiger partial charge in [-0.05, 0) is 53.7 Å². The van der Waals surface area contributed by atoms with Crippen molar-refractivity contribution < 1.29 is 19.8 Å². The summed E-state index contributed by atoms with van der Waals surface area (Å²) in [5.74, 6) is -2.08. The summed E-state index contributed by atoms with van der Waals surface area (Å²) in [6.07, 6.45) is 7.35. The van der Waals surface area contributed by atoms with E-state index in [1.165, 1.54) is 0 Å². The Morgan fingerprint density at radius 2 is 1.32 bits per heavy atom. The van der Waals surface area contributed by atoms with Gasteiger partial charge in [-0.3, -0.25) is 0 Å². The van der Waals surface area contributed by atoms with E-state index in [0.717, 1.165) is 44.1 Å². The molecule has 1 aromatic rings. The highest BCUT2D eigenvalue weighted by Crippen LogP contribution is 2.35. The largest absolute Gasteiger partial charge is 0.478 e. The van der Waals surface area contributed by atoms with Crippen LogP contribution < -0.4 is 0 Å². The molecule has 0 unspecified atom stereocenters. The van der Waals surface area contributed by atoms with Crippen molar-refractivity contribution in [1.29, 1.82) is 0 Å². The lowest BCUT2D eigenvalue weighted by Gasteiger charge is -2.29. The predicted molar refractivity (Wildman–Crippen MR) is 114 cm³/mol. The first-order valence-corrected chi connectivity index (χ1v) is 10.6. The Morgan fingerprint density at radius 3 is 1.75 bits per heavy atom. The number of rotatable bonds is 12. The maximum Gasteiger partial charge on any atom is 0.336 e. The van der Waals surface area contributed by atoms with Crippen molar-refractivity contribution in [1.82, 2.24) is 0 Å². The van der Waals surface area contributed by atoms with Gasteiger partial charge in [0.25, 0.3) is 0 Å². The van der Waals surface area contributed by atoms with Crippen LogP contribution in [0.2, 0.25) is 0 Å². The molecule has 0 saturated heterocycles. The number of unbranched alkanes of at least 4 members (excludes halogenated alkanes) is 2. The van der Waals surface area contributed by atoms with Gasteiger partial charge in [0.15, 0.2) is 0 Å². The van der Waals surface area contributed by atoms with Gasteiger partial charge in [0.05, 0.1) is 11.1 Å². The molecule has 158 valence electrons. The number of carboxylic acid groups (broad SMARTS) is 2. The third-order valence-electron chi connectivity index (χ3n) is 5.58. The fourth-order valence-electron chi connectivity index (χ4n) is 3.98. The van der Waals surface area contributed by atoms with Crippen molar-refractivity contribution in [3.8, 4) is 0 Å². The number of hydrogen-bond acceptors (Lipinski definition) is 2. The highest BCUT2D eigenvalue weighted by atomic mass is 16.4. The number of benzene rings is 1. The molecule has 0 spiro atoms. The van der Waals surface area contributed by atoms with Gasteiger partial charge in [0.2, 0.25) is 0 Å². The number of carboxylic acids is 2. The fraction of sp³-hybridized carbons (Fsp3) is 0.667. The van der Waals surface area contributed by atoms with Crippen LogP contribution in [0.4, 0.5) is 0 Å². The molecule has 1 rings (SSSR count). The summed E-state index contributed by atoms with van der Waals surface area (Å²) in [5, 5.41) is 19.7. The zero-order valence-corrected chi connectivity index (χ0v) is 18.5. The smallest absolute Gasteiger partial charge is 0.336 e. The van der Waals surface area contributed by atoms with Crippen LogP contribution in [0, 0.1) is 10.8 Å². The Kier molecular flexibility index (Phi) is 8.72. The second-order valence-electron chi connectivity index (χ2n) is 9.63. The van der Waals surface area contributed by atoms with Crippen LogP contribution in [0.15, 0.2) is 12.1 Å². The average molecular weight is 391 g/mol. The second kappa shape index (κ2) is 10.1. The topological polar surface area (TPSA) is 74.6 Å². The molecule has 0 aliphatic carbocycles. The highest BCUT2D eigenvalue weighted by molar-refractivity contribution is 5.97. The van der Waals surface area contributed by atoms with Gasteiger partial charge in [-0.1, -0.05) is 73.3 Å². The van der Waals surface area contributed by atoms with E-state index in [0.29, 0.717) is 18.4 Å². The summed E-state index contributed by atoms with van der Waals surface area (Å²) in [4.78, 5) is 24.1. The average Bonchev–Trinajstić information content (AvgIpc) is 2.57. The molecule has 0 saturated carbocycles. The van der Waals surface area contributed by atoms with Crippen molar-refractivity contribution in [3.05, 3.63) is 34.4 Å². The minimum absolute atomic E-state index is 0.0278. The highest BCUT2D eigenvalue weighted by Gasteiger charge is 2.29. The molecule has 1 aromatic carbocycles. The van der Waals surface area contributed by atoms with Gasteiger partial charge in [-0.15, -0.1) is 0 Å². The molecule has 0 aromatic heterocycles. The summed E-state index contributed by atoms with van der Waals surface area (Å²) in [7, 11) is 0. The van der Waals surface area contributed by atoms with Crippen LogP contribution >= 0.6 is 0 Å². The zero-order valence-electron chi connectivity index (χ0n) is 18.5. The van der Waals surface area contributed by atoms with Crippen molar-refractivity contribution >= 4 is 11.9 Å². The molecular formula is C24H38O4. The third kappa shape index (κ3) is 6.96. The Labute approximate surface area is 170 Å². The minimum Gasteiger partial charge on any atom is -0.478 e. The van der Waals surface area contributed by atoms with Crippen LogP contribution in [0.3, 0.4) is 0 Å². The number of hydrogen-bond donors (Lipinski definition) is 2. The number of aromatic carboxylic acids is 2.